The molecule has 0 N–H and O–H groups in total. The Morgan fingerprint density at radius 3 is 3.12 bits per heavy atom. The van der Waals surface area contributed by atoms with E-state index in [0.717, 1.165) is 17.9 Å². The number of aromatic nitrogens is 1. The van der Waals surface area contributed by atoms with Gasteiger partial charge in [-0.2, -0.15) is 11.8 Å². The summed E-state index contributed by atoms with van der Waals surface area (Å²) in [6, 6.07) is 2.00. The first-order valence-electron chi connectivity index (χ1n) is 5.14. The van der Waals surface area contributed by atoms with Crippen LogP contribution in [0.3, 0.4) is 0 Å². The molecular weight excluding hydrogens is 244 g/mol. The first-order valence-corrected chi connectivity index (χ1v) is 6.68. The molecule has 0 aliphatic carbocycles. The molecule has 1 aliphatic heterocycles. The molecule has 5 heteroatoms. The highest BCUT2D eigenvalue weighted by Gasteiger charge is 2.25. The third kappa shape index (κ3) is 2.33. The van der Waals surface area contributed by atoms with E-state index in [-0.39, 0.29) is 5.91 Å². The zero-order chi connectivity index (χ0) is 11.5. The monoisotopic (exact) mass is 256 g/mol. The predicted octanol–water partition coefficient (Wildman–Crippen LogP) is 2.31. The number of hydrogen-bond donors (Lipinski definition) is 0. The van der Waals surface area contributed by atoms with Gasteiger partial charge in [0.25, 0.3) is 5.91 Å². The number of carbonyl (C=O) groups is 1. The molecule has 0 aromatic carbocycles. The number of halogens is 1. The number of rotatable bonds is 2. The van der Waals surface area contributed by atoms with E-state index in [9.17, 15) is 4.79 Å². The van der Waals surface area contributed by atoms with Gasteiger partial charge in [0, 0.05) is 31.2 Å². The van der Waals surface area contributed by atoms with Crippen molar-refractivity contribution in [3.63, 3.8) is 0 Å². The van der Waals surface area contributed by atoms with E-state index < -0.39 is 0 Å². The van der Waals surface area contributed by atoms with E-state index in [0.29, 0.717) is 16.6 Å². The third-order valence-electron chi connectivity index (χ3n) is 2.78. The van der Waals surface area contributed by atoms with E-state index in [4.69, 9.17) is 11.6 Å². The van der Waals surface area contributed by atoms with E-state index in [1.54, 1.807) is 17.2 Å². The van der Waals surface area contributed by atoms with Crippen molar-refractivity contribution in [2.75, 3.05) is 18.6 Å². The van der Waals surface area contributed by atoms with Gasteiger partial charge in [-0.1, -0.05) is 11.6 Å². The van der Waals surface area contributed by atoms with Crippen LogP contribution in [0.25, 0.3) is 0 Å². The molecule has 1 fully saturated rings. The van der Waals surface area contributed by atoms with Gasteiger partial charge in [0.2, 0.25) is 0 Å². The molecule has 1 unspecified atom stereocenters. The lowest BCUT2D eigenvalue weighted by molar-refractivity contribution is 0.0748. The summed E-state index contributed by atoms with van der Waals surface area (Å²) in [5, 5.41) is 0.421. The van der Waals surface area contributed by atoms with Crippen LogP contribution in [0.15, 0.2) is 18.5 Å². The molecule has 1 aliphatic rings. The van der Waals surface area contributed by atoms with Crippen molar-refractivity contribution < 1.29 is 4.79 Å². The second-order valence-corrected chi connectivity index (χ2v) is 5.35. The van der Waals surface area contributed by atoms with Crippen LogP contribution in [0.5, 0.6) is 0 Å². The minimum Gasteiger partial charge on any atom is -0.338 e. The van der Waals surface area contributed by atoms with Gasteiger partial charge < -0.3 is 4.90 Å². The Hall–Kier alpha value is -0.740. The normalized spacial score (nSPS) is 19.8. The maximum atomic E-state index is 12.2. The summed E-state index contributed by atoms with van der Waals surface area (Å²) < 4.78 is 0. The highest BCUT2D eigenvalue weighted by Crippen LogP contribution is 2.24. The Morgan fingerprint density at radius 1 is 1.69 bits per heavy atom. The van der Waals surface area contributed by atoms with Gasteiger partial charge in [-0.25, -0.2) is 0 Å². The van der Waals surface area contributed by atoms with Crippen molar-refractivity contribution in [3.8, 4) is 0 Å². The fourth-order valence-electron chi connectivity index (χ4n) is 1.73. The van der Waals surface area contributed by atoms with Gasteiger partial charge in [-0.3, -0.25) is 9.78 Å². The summed E-state index contributed by atoms with van der Waals surface area (Å²) in [5.74, 6) is 2.14. The molecule has 1 saturated heterocycles. The van der Waals surface area contributed by atoms with E-state index in [1.165, 1.54) is 6.20 Å². The summed E-state index contributed by atoms with van der Waals surface area (Å²) in [6.07, 6.45) is 4.16. The molecule has 1 atom stereocenters. The summed E-state index contributed by atoms with van der Waals surface area (Å²) in [4.78, 5) is 17.8. The highest BCUT2D eigenvalue weighted by molar-refractivity contribution is 7.99. The Kier molecular flexibility index (Phi) is 3.71. The van der Waals surface area contributed by atoms with Crippen molar-refractivity contribution in [3.05, 3.63) is 29.0 Å². The lowest BCUT2D eigenvalue weighted by atomic mass is 10.2. The number of hydrogen-bond acceptors (Lipinski definition) is 3. The molecule has 3 nitrogen and oxygen atoms in total. The molecule has 0 saturated carbocycles. The number of amides is 1. The molecule has 16 heavy (non-hydrogen) atoms. The summed E-state index contributed by atoms with van der Waals surface area (Å²) >= 11 is 7.84. The number of carbonyl (C=O) groups excluding carboxylic acids is 1. The molecule has 1 aromatic rings. The van der Waals surface area contributed by atoms with E-state index >= 15 is 0 Å². The molecule has 0 radical (unpaired) electrons. The number of pyridine rings is 1. The average molecular weight is 257 g/mol. The molecule has 2 heterocycles. The second-order valence-electron chi connectivity index (χ2n) is 3.79. The third-order valence-corrected chi connectivity index (χ3v) is 4.22. The molecule has 86 valence electrons. The first-order chi connectivity index (χ1) is 7.70. The standard InChI is InChI=1S/C11H13ClN2OS/c1-14(8-3-5-16-7-8)11(15)9-2-4-13-6-10(9)12/h2,4,6,8H,3,5,7H2,1H3. The van der Waals surface area contributed by atoms with Crippen LogP contribution >= 0.6 is 23.4 Å². The van der Waals surface area contributed by atoms with Gasteiger partial charge in [0.05, 0.1) is 10.6 Å². The van der Waals surface area contributed by atoms with Gasteiger partial charge in [-0.15, -0.1) is 0 Å². The Morgan fingerprint density at radius 2 is 2.50 bits per heavy atom. The van der Waals surface area contributed by atoms with Gasteiger partial charge in [-0.05, 0) is 18.2 Å². The van der Waals surface area contributed by atoms with Gasteiger partial charge in [0.15, 0.2) is 0 Å². The Bertz CT molecular complexity index is 393. The van der Waals surface area contributed by atoms with Crippen LogP contribution in [0.1, 0.15) is 16.8 Å². The average Bonchev–Trinajstić information content (AvgIpc) is 2.81. The van der Waals surface area contributed by atoms with E-state index in [1.807, 2.05) is 18.8 Å². The van der Waals surface area contributed by atoms with Crippen LogP contribution in [-0.2, 0) is 0 Å². The summed E-state index contributed by atoms with van der Waals surface area (Å²) in [6.45, 7) is 0. The fraction of sp³-hybridized carbons (Fsp3) is 0.455. The van der Waals surface area contributed by atoms with Crippen LogP contribution in [0.2, 0.25) is 5.02 Å². The van der Waals surface area contributed by atoms with Crippen molar-refractivity contribution in [2.24, 2.45) is 0 Å². The van der Waals surface area contributed by atoms with Crippen LogP contribution in [-0.4, -0.2) is 40.4 Å². The van der Waals surface area contributed by atoms with E-state index in [2.05, 4.69) is 4.98 Å². The van der Waals surface area contributed by atoms with Crippen molar-refractivity contribution >= 4 is 29.3 Å². The van der Waals surface area contributed by atoms with Crippen LogP contribution in [0.4, 0.5) is 0 Å². The second kappa shape index (κ2) is 5.06. The lowest BCUT2D eigenvalue weighted by Gasteiger charge is -2.24. The lowest BCUT2D eigenvalue weighted by Crippen LogP contribution is -2.37. The zero-order valence-corrected chi connectivity index (χ0v) is 10.6. The molecule has 1 amide bonds. The maximum Gasteiger partial charge on any atom is 0.255 e. The molecular formula is C11H13ClN2OS. The molecule has 2 rings (SSSR count). The van der Waals surface area contributed by atoms with Crippen LogP contribution < -0.4 is 0 Å². The minimum atomic E-state index is -0.0140. The molecule has 1 aromatic heterocycles. The fourth-order valence-corrected chi connectivity index (χ4v) is 3.20. The number of thioether (sulfide) groups is 1. The molecule has 0 bridgehead atoms. The maximum absolute atomic E-state index is 12.2. The van der Waals surface area contributed by atoms with Crippen molar-refractivity contribution in [2.45, 2.75) is 12.5 Å². The first kappa shape index (κ1) is 11.7. The molecule has 0 spiro atoms. The Balaban J connectivity index is 2.15. The van der Waals surface area contributed by atoms with Crippen molar-refractivity contribution in [1.29, 1.82) is 0 Å². The minimum absolute atomic E-state index is 0.0140. The predicted molar refractivity (Wildman–Crippen MR) is 67.1 cm³/mol. The zero-order valence-electron chi connectivity index (χ0n) is 9.02. The largest absolute Gasteiger partial charge is 0.338 e. The van der Waals surface area contributed by atoms with Crippen LogP contribution in [0, 0.1) is 0 Å². The quantitative estimate of drug-likeness (QED) is 0.814. The SMILES string of the molecule is CN(C(=O)c1ccncc1Cl)C1CCSC1. The summed E-state index contributed by atoms with van der Waals surface area (Å²) in [5.41, 5.74) is 0.538. The summed E-state index contributed by atoms with van der Waals surface area (Å²) in [7, 11) is 1.84. The van der Waals surface area contributed by atoms with Gasteiger partial charge >= 0.3 is 0 Å². The smallest absolute Gasteiger partial charge is 0.255 e. The highest BCUT2D eigenvalue weighted by atomic mass is 35.5. The van der Waals surface area contributed by atoms with Crippen molar-refractivity contribution in [1.82, 2.24) is 9.88 Å². The van der Waals surface area contributed by atoms with Gasteiger partial charge in [0.1, 0.15) is 0 Å². The Labute approximate surface area is 104 Å². The topological polar surface area (TPSA) is 33.2 Å². The number of nitrogens with zero attached hydrogens (tertiary/aromatic N) is 2.